The average Bonchev–Trinajstić information content (AvgIpc) is 2.48. The van der Waals surface area contributed by atoms with Crippen LogP contribution in [0.2, 0.25) is 0 Å². The summed E-state index contributed by atoms with van der Waals surface area (Å²) in [6.45, 7) is -0.0331. The maximum absolute atomic E-state index is 12.0. The van der Waals surface area contributed by atoms with Gasteiger partial charge in [-0.05, 0) is 22.0 Å². The van der Waals surface area contributed by atoms with Gasteiger partial charge in [-0.15, -0.1) is 11.3 Å². The Hall–Kier alpha value is -0.560. The lowest BCUT2D eigenvalue weighted by Crippen LogP contribution is -2.37. The zero-order valence-electron chi connectivity index (χ0n) is 7.64. The van der Waals surface area contributed by atoms with Crippen LogP contribution in [0, 0.1) is 0 Å². The van der Waals surface area contributed by atoms with E-state index < -0.39 is 12.1 Å². The molecule has 1 aromatic rings. The minimum absolute atomic E-state index is 0.0331. The molecule has 0 bridgehead atoms. The average molecular weight is 302 g/mol. The van der Waals surface area contributed by atoms with Crippen molar-refractivity contribution in [1.82, 2.24) is 4.90 Å². The molecule has 0 radical (unpaired) electrons. The summed E-state index contributed by atoms with van der Waals surface area (Å²) in [5.74, 6) is -1.83. The van der Waals surface area contributed by atoms with E-state index in [1.54, 1.807) is 11.4 Å². The van der Waals surface area contributed by atoms with Crippen LogP contribution in [-0.4, -0.2) is 24.0 Å². The van der Waals surface area contributed by atoms with Crippen LogP contribution in [-0.2, 0) is 11.3 Å². The number of carbonyl (C=O) groups is 1. The van der Waals surface area contributed by atoms with Gasteiger partial charge in [0.15, 0.2) is 0 Å². The summed E-state index contributed by atoms with van der Waals surface area (Å²) < 4.78 is 36.8. The molecular weight excluding hydrogens is 295 g/mol. The van der Waals surface area contributed by atoms with Gasteiger partial charge in [0.2, 0.25) is 0 Å². The van der Waals surface area contributed by atoms with Crippen molar-refractivity contribution in [3.8, 4) is 0 Å². The summed E-state index contributed by atoms with van der Waals surface area (Å²) in [6.07, 6.45) is -4.80. The van der Waals surface area contributed by atoms with E-state index in [1.165, 1.54) is 11.3 Å². The van der Waals surface area contributed by atoms with Gasteiger partial charge in [-0.25, -0.2) is 0 Å². The lowest BCUT2D eigenvalue weighted by Gasteiger charge is -2.17. The third kappa shape index (κ3) is 3.49. The Morgan fingerprint density at radius 2 is 2.20 bits per heavy atom. The topological polar surface area (TPSA) is 20.3 Å². The van der Waals surface area contributed by atoms with Gasteiger partial charge in [0, 0.05) is 21.8 Å². The number of carbonyl (C=O) groups excluding carboxylic acids is 1. The van der Waals surface area contributed by atoms with E-state index in [1.807, 2.05) is 0 Å². The molecule has 2 nitrogen and oxygen atoms in total. The highest BCUT2D eigenvalue weighted by molar-refractivity contribution is 9.10. The molecular formula is C8H7BrF3NOS. The summed E-state index contributed by atoms with van der Waals surface area (Å²) in [5, 5.41) is 1.75. The van der Waals surface area contributed by atoms with E-state index in [0.717, 1.165) is 11.5 Å². The largest absolute Gasteiger partial charge is 0.471 e. The fourth-order valence-corrected chi connectivity index (χ4v) is 2.46. The quantitative estimate of drug-likeness (QED) is 0.822. The second-order valence-corrected chi connectivity index (χ2v) is 4.80. The predicted octanol–water partition coefficient (Wildman–Crippen LogP) is 3.03. The first-order valence-corrected chi connectivity index (χ1v) is 5.53. The Balaban J connectivity index is 2.64. The Morgan fingerprint density at radius 1 is 1.60 bits per heavy atom. The Bertz CT molecular complexity index is 363. The Kier molecular flexibility index (Phi) is 3.77. The maximum atomic E-state index is 12.0. The van der Waals surface area contributed by atoms with Crippen LogP contribution in [0.25, 0.3) is 0 Å². The van der Waals surface area contributed by atoms with Crippen LogP contribution in [0.1, 0.15) is 4.88 Å². The van der Waals surface area contributed by atoms with E-state index in [4.69, 9.17) is 0 Å². The van der Waals surface area contributed by atoms with Crippen molar-refractivity contribution in [1.29, 1.82) is 0 Å². The van der Waals surface area contributed by atoms with E-state index >= 15 is 0 Å². The van der Waals surface area contributed by atoms with Crippen LogP contribution >= 0.6 is 27.3 Å². The van der Waals surface area contributed by atoms with Crippen molar-refractivity contribution in [3.63, 3.8) is 0 Å². The summed E-state index contributed by atoms with van der Waals surface area (Å²) in [6, 6.07) is 1.69. The molecule has 0 aliphatic carbocycles. The van der Waals surface area contributed by atoms with Crippen molar-refractivity contribution >= 4 is 33.2 Å². The second-order valence-electron chi connectivity index (χ2n) is 2.89. The van der Waals surface area contributed by atoms with Crippen LogP contribution in [0.5, 0.6) is 0 Å². The number of rotatable bonds is 2. The SMILES string of the molecule is CN(Cc1cc(Br)cs1)C(=O)C(F)(F)F. The third-order valence-corrected chi connectivity index (χ3v) is 3.29. The Morgan fingerprint density at radius 3 is 2.60 bits per heavy atom. The molecule has 0 fully saturated rings. The molecule has 7 heteroatoms. The minimum atomic E-state index is -4.80. The summed E-state index contributed by atoms with van der Waals surface area (Å²) in [4.78, 5) is 12.1. The molecule has 84 valence electrons. The van der Waals surface area contributed by atoms with Crippen LogP contribution in [0.15, 0.2) is 15.9 Å². The highest BCUT2D eigenvalue weighted by Gasteiger charge is 2.41. The van der Waals surface area contributed by atoms with Crippen LogP contribution < -0.4 is 0 Å². The van der Waals surface area contributed by atoms with Crippen molar-refractivity contribution in [2.24, 2.45) is 0 Å². The lowest BCUT2D eigenvalue weighted by atomic mass is 10.4. The van der Waals surface area contributed by atoms with Gasteiger partial charge in [-0.1, -0.05) is 0 Å². The molecule has 0 saturated carbocycles. The fourth-order valence-electron chi connectivity index (χ4n) is 0.959. The lowest BCUT2D eigenvalue weighted by molar-refractivity contribution is -0.184. The fraction of sp³-hybridized carbons (Fsp3) is 0.375. The van der Waals surface area contributed by atoms with Gasteiger partial charge in [-0.3, -0.25) is 4.79 Å². The van der Waals surface area contributed by atoms with Crippen LogP contribution in [0.4, 0.5) is 13.2 Å². The zero-order valence-corrected chi connectivity index (χ0v) is 10.0. The van der Waals surface area contributed by atoms with E-state index in [2.05, 4.69) is 15.9 Å². The first-order valence-electron chi connectivity index (χ1n) is 3.86. The number of amides is 1. The number of halogens is 4. The van der Waals surface area contributed by atoms with E-state index in [-0.39, 0.29) is 6.54 Å². The molecule has 1 aromatic heterocycles. The van der Waals surface area contributed by atoms with Crippen molar-refractivity contribution in [3.05, 3.63) is 20.8 Å². The molecule has 0 atom stereocenters. The molecule has 1 amide bonds. The molecule has 0 N–H and O–H groups in total. The molecule has 0 aliphatic heterocycles. The van der Waals surface area contributed by atoms with Crippen molar-refractivity contribution < 1.29 is 18.0 Å². The van der Waals surface area contributed by atoms with Gasteiger partial charge in [0.1, 0.15) is 0 Å². The molecule has 0 unspecified atom stereocenters. The summed E-state index contributed by atoms with van der Waals surface area (Å²) in [7, 11) is 1.13. The molecule has 0 saturated heterocycles. The van der Waals surface area contributed by atoms with Gasteiger partial charge in [0.05, 0.1) is 6.54 Å². The molecule has 0 aliphatic rings. The van der Waals surface area contributed by atoms with Gasteiger partial charge >= 0.3 is 12.1 Å². The number of alkyl halides is 3. The highest BCUT2D eigenvalue weighted by Crippen LogP contribution is 2.23. The zero-order chi connectivity index (χ0) is 11.6. The van der Waals surface area contributed by atoms with E-state index in [0.29, 0.717) is 9.78 Å². The molecule has 1 heterocycles. The highest BCUT2D eigenvalue weighted by atomic mass is 79.9. The first-order chi connectivity index (χ1) is 6.80. The monoisotopic (exact) mass is 301 g/mol. The minimum Gasteiger partial charge on any atom is -0.333 e. The predicted molar refractivity (Wildman–Crippen MR) is 54.5 cm³/mol. The first kappa shape index (κ1) is 12.5. The Labute approximate surface area is 96.8 Å². The maximum Gasteiger partial charge on any atom is 0.471 e. The number of hydrogen-bond acceptors (Lipinski definition) is 2. The number of nitrogens with zero attached hydrogens (tertiary/aromatic N) is 1. The van der Waals surface area contributed by atoms with Gasteiger partial charge in [-0.2, -0.15) is 13.2 Å². The summed E-state index contributed by atoms with van der Waals surface area (Å²) >= 11 is 4.48. The van der Waals surface area contributed by atoms with Crippen molar-refractivity contribution in [2.45, 2.75) is 12.7 Å². The molecule has 0 aromatic carbocycles. The molecule has 15 heavy (non-hydrogen) atoms. The number of hydrogen-bond donors (Lipinski definition) is 0. The van der Waals surface area contributed by atoms with E-state index in [9.17, 15) is 18.0 Å². The standard InChI is InChI=1S/C8H7BrF3NOS/c1-13(7(14)8(10,11)12)3-6-2-5(9)4-15-6/h2,4H,3H2,1H3. The summed E-state index contributed by atoms with van der Waals surface area (Å²) in [5.41, 5.74) is 0. The number of thiophene rings is 1. The molecule has 0 spiro atoms. The second kappa shape index (κ2) is 4.52. The van der Waals surface area contributed by atoms with Gasteiger partial charge in [0.25, 0.3) is 0 Å². The van der Waals surface area contributed by atoms with Crippen LogP contribution in [0.3, 0.4) is 0 Å². The van der Waals surface area contributed by atoms with Gasteiger partial charge < -0.3 is 4.90 Å². The molecule has 1 rings (SSSR count). The normalized spacial score (nSPS) is 11.5. The van der Waals surface area contributed by atoms with Crippen molar-refractivity contribution in [2.75, 3.05) is 7.05 Å². The smallest absolute Gasteiger partial charge is 0.333 e. The third-order valence-electron chi connectivity index (χ3n) is 1.60.